The summed E-state index contributed by atoms with van der Waals surface area (Å²) in [6.07, 6.45) is 5.41. The number of anilines is 2. The molecule has 0 aliphatic heterocycles. The van der Waals surface area contributed by atoms with E-state index < -0.39 is 5.91 Å². The predicted molar refractivity (Wildman–Crippen MR) is 105 cm³/mol. The van der Waals surface area contributed by atoms with Crippen molar-refractivity contribution in [2.45, 2.75) is 38.6 Å². The quantitative estimate of drug-likeness (QED) is 0.680. The molecule has 1 aromatic carbocycles. The number of carbonyl (C=O) groups excluding carboxylic acids is 1. The molecule has 3 aromatic rings. The van der Waals surface area contributed by atoms with Crippen molar-refractivity contribution in [1.82, 2.24) is 19.9 Å². The number of amides is 1. The topological polar surface area (TPSA) is 136 Å². The van der Waals surface area contributed by atoms with E-state index in [4.69, 9.17) is 10.3 Å². The molecular formula is C20H21N7O2. The van der Waals surface area contributed by atoms with Crippen molar-refractivity contribution < 1.29 is 9.32 Å². The Hall–Kier alpha value is -3.67. The summed E-state index contributed by atoms with van der Waals surface area (Å²) < 4.78 is 6.88. The summed E-state index contributed by atoms with van der Waals surface area (Å²) >= 11 is 0. The van der Waals surface area contributed by atoms with Gasteiger partial charge in [-0.1, -0.05) is 18.0 Å². The summed E-state index contributed by atoms with van der Waals surface area (Å²) in [7, 11) is 0. The van der Waals surface area contributed by atoms with Crippen LogP contribution in [0.4, 0.5) is 11.5 Å². The van der Waals surface area contributed by atoms with Crippen molar-refractivity contribution in [2.24, 2.45) is 11.7 Å². The first-order valence-corrected chi connectivity index (χ1v) is 9.51. The highest BCUT2D eigenvalue weighted by Crippen LogP contribution is 2.34. The second kappa shape index (κ2) is 7.75. The molecule has 0 bridgehead atoms. The molecule has 0 spiro atoms. The number of carbonyl (C=O) groups is 1. The van der Waals surface area contributed by atoms with Crippen LogP contribution in [0.3, 0.4) is 0 Å². The molecule has 9 heteroatoms. The molecule has 0 saturated heterocycles. The van der Waals surface area contributed by atoms with E-state index in [-0.39, 0.29) is 12.0 Å². The largest absolute Gasteiger partial charge is 0.365 e. The second-order valence-corrected chi connectivity index (χ2v) is 7.17. The van der Waals surface area contributed by atoms with Crippen LogP contribution in [-0.4, -0.2) is 25.8 Å². The third-order valence-electron chi connectivity index (χ3n) is 5.15. The zero-order valence-electron chi connectivity index (χ0n) is 16.0. The van der Waals surface area contributed by atoms with E-state index in [0.717, 1.165) is 36.9 Å². The van der Waals surface area contributed by atoms with Crippen LogP contribution in [-0.2, 0) is 0 Å². The first kappa shape index (κ1) is 18.7. The molecular weight excluding hydrogens is 370 g/mol. The van der Waals surface area contributed by atoms with Crippen LogP contribution in [0.1, 0.15) is 47.9 Å². The lowest BCUT2D eigenvalue weighted by molar-refractivity contribution is 0.100. The van der Waals surface area contributed by atoms with Crippen molar-refractivity contribution >= 4 is 17.4 Å². The fraction of sp³-hybridized carbons (Fsp3) is 0.350. The van der Waals surface area contributed by atoms with E-state index in [0.29, 0.717) is 23.1 Å². The number of nitriles is 1. The molecule has 9 nitrogen and oxygen atoms in total. The lowest BCUT2D eigenvalue weighted by Gasteiger charge is -2.26. The number of hydrogen-bond acceptors (Lipinski definition) is 7. The summed E-state index contributed by atoms with van der Waals surface area (Å²) in [5.41, 5.74) is 7.37. The SMILES string of the molecule is Cc1noc(-c2ccc(Nc3nn(C4CCCCC4C#N)cc3C(N)=O)cc2)n1. The third-order valence-corrected chi connectivity index (χ3v) is 5.15. The molecule has 29 heavy (non-hydrogen) atoms. The van der Waals surface area contributed by atoms with Crippen molar-refractivity contribution in [3.8, 4) is 17.5 Å². The van der Waals surface area contributed by atoms with Crippen molar-refractivity contribution in [2.75, 3.05) is 5.32 Å². The van der Waals surface area contributed by atoms with Gasteiger partial charge in [-0.05, 0) is 44.0 Å². The highest BCUT2D eigenvalue weighted by Gasteiger charge is 2.28. The molecule has 1 saturated carbocycles. The third kappa shape index (κ3) is 3.82. The highest BCUT2D eigenvalue weighted by molar-refractivity contribution is 5.98. The Morgan fingerprint density at radius 2 is 2.07 bits per heavy atom. The Balaban J connectivity index is 1.58. The van der Waals surface area contributed by atoms with Gasteiger partial charge in [0.25, 0.3) is 11.8 Å². The van der Waals surface area contributed by atoms with Crippen LogP contribution in [0.25, 0.3) is 11.5 Å². The minimum atomic E-state index is -0.568. The fourth-order valence-electron chi connectivity index (χ4n) is 3.66. The van der Waals surface area contributed by atoms with Crippen LogP contribution in [0.2, 0.25) is 0 Å². The van der Waals surface area contributed by atoms with Gasteiger partial charge < -0.3 is 15.6 Å². The molecule has 1 aliphatic rings. The van der Waals surface area contributed by atoms with E-state index in [2.05, 4.69) is 26.6 Å². The molecule has 0 radical (unpaired) electrons. The number of primary amides is 1. The van der Waals surface area contributed by atoms with Crippen LogP contribution in [0.5, 0.6) is 0 Å². The Kier molecular flexibility index (Phi) is 4.99. The van der Waals surface area contributed by atoms with Gasteiger partial charge in [-0.3, -0.25) is 9.48 Å². The Bertz CT molecular complexity index is 1060. The van der Waals surface area contributed by atoms with E-state index in [1.54, 1.807) is 17.8 Å². The van der Waals surface area contributed by atoms with E-state index in [1.807, 2.05) is 24.3 Å². The maximum absolute atomic E-state index is 11.9. The first-order chi connectivity index (χ1) is 14.0. The van der Waals surface area contributed by atoms with Crippen LogP contribution >= 0.6 is 0 Å². The van der Waals surface area contributed by atoms with Gasteiger partial charge in [-0.25, -0.2) is 0 Å². The summed E-state index contributed by atoms with van der Waals surface area (Å²) in [5.74, 6) is 0.699. The summed E-state index contributed by atoms with van der Waals surface area (Å²) in [4.78, 5) is 16.1. The average molecular weight is 391 g/mol. The van der Waals surface area contributed by atoms with Gasteiger partial charge in [0, 0.05) is 17.4 Å². The molecule has 148 valence electrons. The number of nitrogens with one attached hydrogen (secondary N) is 1. The fourth-order valence-corrected chi connectivity index (χ4v) is 3.66. The second-order valence-electron chi connectivity index (χ2n) is 7.17. The maximum atomic E-state index is 11.9. The van der Waals surface area contributed by atoms with Gasteiger partial charge in [-0.15, -0.1) is 0 Å². The zero-order chi connectivity index (χ0) is 20.4. The molecule has 2 unspecified atom stereocenters. The molecule has 1 amide bonds. The van der Waals surface area contributed by atoms with E-state index >= 15 is 0 Å². The number of benzene rings is 1. The number of hydrogen-bond donors (Lipinski definition) is 2. The molecule has 4 rings (SSSR count). The Labute approximate surface area is 167 Å². The molecule has 1 fully saturated rings. The Morgan fingerprint density at radius 1 is 1.31 bits per heavy atom. The lowest BCUT2D eigenvalue weighted by atomic mass is 9.85. The minimum Gasteiger partial charge on any atom is -0.365 e. The minimum absolute atomic E-state index is 0.0504. The monoisotopic (exact) mass is 391 g/mol. The molecule has 2 heterocycles. The van der Waals surface area contributed by atoms with Gasteiger partial charge in [0.2, 0.25) is 0 Å². The number of nitrogens with two attached hydrogens (primary N) is 1. The normalized spacial score (nSPS) is 18.9. The first-order valence-electron chi connectivity index (χ1n) is 9.51. The summed E-state index contributed by atoms with van der Waals surface area (Å²) in [6.45, 7) is 1.76. The summed E-state index contributed by atoms with van der Waals surface area (Å²) in [6, 6.07) is 9.65. The van der Waals surface area contributed by atoms with Gasteiger partial charge >= 0.3 is 0 Å². The lowest BCUT2D eigenvalue weighted by Crippen LogP contribution is -2.22. The van der Waals surface area contributed by atoms with Crippen LogP contribution in [0.15, 0.2) is 35.0 Å². The number of nitrogens with zero attached hydrogens (tertiary/aromatic N) is 5. The van der Waals surface area contributed by atoms with E-state index in [9.17, 15) is 10.1 Å². The van der Waals surface area contributed by atoms with Gasteiger partial charge in [0.15, 0.2) is 11.6 Å². The maximum Gasteiger partial charge on any atom is 0.257 e. The zero-order valence-corrected chi connectivity index (χ0v) is 16.0. The number of rotatable bonds is 5. The van der Waals surface area contributed by atoms with Crippen LogP contribution < -0.4 is 11.1 Å². The predicted octanol–water partition coefficient (Wildman–Crippen LogP) is 3.34. The number of aryl methyl sites for hydroxylation is 1. The van der Waals surface area contributed by atoms with Crippen LogP contribution in [0, 0.1) is 24.2 Å². The number of aromatic nitrogens is 4. The van der Waals surface area contributed by atoms with Gasteiger partial charge in [0.05, 0.1) is 18.0 Å². The smallest absolute Gasteiger partial charge is 0.257 e. The average Bonchev–Trinajstić information content (AvgIpc) is 3.35. The standard InChI is InChI=1S/C20H21N7O2/c1-12-23-20(29-26-12)13-6-8-15(9-7-13)24-19-16(18(22)28)11-27(25-19)17-5-3-2-4-14(17)10-21/h6-9,11,14,17H,2-5H2,1H3,(H2,22,28)(H,24,25). The Morgan fingerprint density at radius 3 is 2.72 bits per heavy atom. The molecule has 2 atom stereocenters. The molecule has 2 aromatic heterocycles. The van der Waals surface area contributed by atoms with E-state index in [1.165, 1.54) is 0 Å². The molecule has 3 N–H and O–H groups in total. The van der Waals surface area contributed by atoms with Crippen molar-refractivity contribution in [1.29, 1.82) is 5.26 Å². The summed E-state index contributed by atoms with van der Waals surface area (Å²) in [5, 5.41) is 20.9. The van der Waals surface area contributed by atoms with Crippen molar-refractivity contribution in [3.63, 3.8) is 0 Å². The molecule has 1 aliphatic carbocycles. The highest BCUT2D eigenvalue weighted by atomic mass is 16.5. The van der Waals surface area contributed by atoms with Gasteiger partial charge in [-0.2, -0.15) is 15.3 Å². The van der Waals surface area contributed by atoms with Crippen molar-refractivity contribution in [3.05, 3.63) is 41.9 Å². The van der Waals surface area contributed by atoms with Gasteiger partial charge in [0.1, 0.15) is 5.56 Å².